The topological polar surface area (TPSA) is 33.1 Å². The maximum absolute atomic E-state index is 8.63. The fourth-order valence-electron chi connectivity index (χ4n) is 1.45. The van der Waals surface area contributed by atoms with E-state index in [1.165, 1.54) is 5.56 Å². The Labute approximate surface area is 125 Å². The van der Waals surface area contributed by atoms with Gasteiger partial charge < -0.3 is 5.11 Å². The Morgan fingerprint density at radius 3 is 2.68 bits per heavy atom. The molecule has 1 heterocycles. The van der Waals surface area contributed by atoms with Crippen molar-refractivity contribution in [1.82, 2.24) is 4.98 Å². The fraction of sp³-hybridized carbons (Fsp3) is 0.133. The zero-order valence-corrected chi connectivity index (χ0v) is 12.5. The highest BCUT2D eigenvalue weighted by molar-refractivity contribution is 9.10. The van der Waals surface area contributed by atoms with E-state index in [9.17, 15) is 0 Å². The second-order valence-electron chi connectivity index (χ2n) is 3.74. The third kappa shape index (κ3) is 4.39. The lowest BCUT2D eigenvalue weighted by molar-refractivity contribution is 0.350. The zero-order valence-electron chi connectivity index (χ0n) is 10.1. The van der Waals surface area contributed by atoms with Crippen molar-refractivity contribution < 1.29 is 5.11 Å². The number of benzene rings is 1. The van der Waals surface area contributed by atoms with Gasteiger partial charge in [0.15, 0.2) is 0 Å². The molecule has 0 fully saturated rings. The third-order valence-corrected chi connectivity index (χ3v) is 4.34. The minimum atomic E-state index is -0.106. The smallest absolute Gasteiger partial charge is 0.110 e. The van der Waals surface area contributed by atoms with Gasteiger partial charge in [-0.2, -0.15) is 0 Å². The quantitative estimate of drug-likeness (QED) is 0.689. The highest BCUT2D eigenvalue weighted by atomic mass is 79.9. The number of hydrogen-bond donors (Lipinski definition) is 1. The Balaban J connectivity index is 1.99. The molecule has 2 rings (SSSR count). The number of thioether (sulfide) groups is 1. The molecule has 0 radical (unpaired) electrons. The number of aromatic nitrogens is 1. The van der Waals surface area contributed by atoms with E-state index < -0.39 is 0 Å². The molecule has 0 unspecified atom stereocenters. The molecule has 0 bridgehead atoms. The van der Waals surface area contributed by atoms with E-state index in [0.717, 1.165) is 20.8 Å². The summed E-state index contributed by atoms with van der Waals surface area (Å²) in [7, 11) is 0. The molecule has 1 N–H and O–H groups in total. The Bertz CT molecular complexity index is 602. The maximum Gasteiger partial charge on any atom is 0.110 e. The molecular formula is C15H12BrNOS. The van der Waals surface area contributed by atoms with Crippen molar-refractivity contribution in [2.75, 3.05) is 6.61 Å². The molecule has 2 nitrogen and oxygen atoms in total. The van der Waals surface area contributed by atoms with Gasteiger partial charge in [-0.25, -0.2) is 4.98 Å². The van der Waals surface area contributed by atoms with Crippen LogP contribution in [0.1, 0.15) is 11.1 Å². The van der Waals surface area contributed by atoms with Gasteiger partial charge in [0.1, 0.15) is 11.6 Å². The lowest BCUT2D eigenvalue weighted by atomic mass is 10.1. The molecule has 0 saturated heterocycles. The van der Waals surface area contributed by atoms with Gasteiger partial charge in [-0.15, -0.1) is 11.8 Å². The number of nitrogens with zero attached hydrogens (tertiary/aromatic N) is 1. The average Bonchev–Trinajstić information content (AvgIpc) is 2.45. The molecule has 2 aromatic rings. The van der Waals surface area contributed by atoms with Crippen molar-refractivity contribution in [3.63, 3.8) is 0 Å². The van der Waals surface area contributed by atoms with Crippen LogP contribution in [0.15, 0.2) is 52.1 Å². The van der Waals surface area contributed by atoms with Crippen LogP contribution < -0.4 is 0 Å². The number of pyridine rings is 1. The van der Waals surface area contributed by atoms with Gasteiger partial charge in [0.2, 0.25) is 0 Å². The summed E-state index contributed by atoms with van der Waals surface area (Å²) in [6.07, 6.45) is 1.79. The number of rotatable bonds is 3. The summed E-state index contributed by atoms with van der Waals surface area (Å²) < 4.78 is 1.02. The molecular weight excluding hydrogens is 322 g/mol. The highest BCUT2D eigenvalue weighted by Crippen LogP contribution is 2.27. The van der Waals surface area contributed by atoms with Gasteiger partial charge in [-0.3, -0.25) is 0 Å². The van der Waals surface area contributed by atoms with Crippen molar-refractivity contribution >= 4 is 27.7 Å². The minimum absolute atomic E-state index is 0.106. The van der Waals surface area contributed by atoms with Crippen molar-refractivity contribution in [2.45, 2.75) is 10.8 Å². The Kier molecular flexibility index (Phi) is 5.46. The van der Waals surface area contributed by atoms with Crippen LogP contribution in [-0.2, 0) is 5.75 Å². The molecule has 0 amide bonds. The molecule has 0 aliphatic carbocycles. The predicted octanol–water partition coefficient (Wildman–Crippen LogP) is 3.48. The summed E-state index contributed by atoms with van der Waals surface area (Å²) >= 11 is 5.17. The second kappa shape index (κ2) is 7.34. The molecule has 96 valence electrons. The summed E-state index contributed by atoms with van der Waals surface area (Å²) in [6.45, 7) is -0.106. The van der Waals surface area contributed by atoms with Crippen LogP contribution in [0.2, 0.25) is 0 Å². The van der Waals surface area contributed by atoms with Crippen molar-refractivity contribution in [2.24, 2.45) is 0 Å². The van der Waals surface area contributed by atoms with Crippen LogP contribution in [0, 0.1) is 11.8 Å². The normalized spacial score (nSPS) is 9.79. The molecule has 19 heavy (non-hydrogen) atoms. The molecule has 0 aliphatic rings. The SMILES string of the molecule is OCC#Cc1ccc(CSc2ncccc2Br)cc1. The predicted molar refractivity (Wildman–Crippen MR) is 81.9 cm³/mol. The largest absolute Gasteiger partial charge is 0.384 e. The van der Waals surface area contributed by atoms with Gasteiger partial charge in [-0.05, 0) is 45.8 Å². The van der Waals surface area contributed by atoms with Gasteiger partial charge in [0.25, 0.3) is 0 Å². The highest BCUT2D eigenvalue weighted by Gasteiger charge is 2.01. The molecule has 1 aromatic carbocycles. The van der Waals surface area contributed by atoms with Crippen LogP contribution >= 0.6 is 27.7 Å². The maximum atomic E-state index is 8.63. The van der Waals surface area contributed by atoms with E-state index in [1.807, 2.05) is 36.4 Å². The first-order valence-corrected chi connectivity index (χ1v) is 7.49. The fourth-order valence-corrected chi connectivity index (χ4v) is 2.89. The molecule has 0 aliphatic heterocycles. The van der Waals surface area contributed by atoms with E-state index >= 15 is 0 Å². The van der Waals surface area contributed by atoms with Crippen molar-refractivity contribution in [3.05, 3.63) is 58.2 Å². The molecule has 0 atom stereocenters. The number of hydrogen-bond acceptors (Lipinski definition) is 3. The first-order valence-electron chi connectivity index (χ1n) is 5.71. The molecule has 0 spiro atoms. The zero-order chi connectivity index (χ0) is 13.5. The van der Waals surface area contributed by atoms with Crippen LogP contribution in [-0.4, -0.2) is 16.7 Å². The Hall–Kier alpha value is -1.28. The number of halogens is 1. The molecule has 1 aromatic heterocycles. The average molecular weight is 334 g/mol. The first-order chi connectivity index (χ1) is 9.29. The van der Waals surface area contributed by atoms with E-state index in [0.29, 0.717) is 0 Å². The van der Waals surface area contributed by atoms with Crippen molar-refractivity contribution in [3.8, 4) is 11.8 Å². The van der Waals surface area contributed by atoms with Gasteiger partial charge >= 0.3 is 0 Å². The van der Waals surface area contributed by atoms with E-state index in [2.05, 4.69) is 32.8 Å². The first kappa shape index (κ1) is 14.1. The van der Waals surface area contributed by atoms with Gasteiger partial charge in [0.05, 0.1) is 0 Å². The summed E-state index contributed by atoms with van der Waals surface area (Å²) in [6, 6.07) is 11.9. The van der Waals surface area contributed by atoms with Crippen molar-refractivity contribution in [1.29, 1.82) is 0 Å². The van der Waals surface area contributed by atoms with Gasteiger partial charge in [0, 0.05) is 22.0 Å². The van der Waals surface area contributed by atoms with E-state index in [-0.39, 0.29) is 6.61 Å². The Morgan fingerprint density at radius 1 is 1.21 bits per heavy atom. The molecule has 4 heteroatoms. The van der Waals surface area contributed by atoms with Crippen LogP contribution in [0.4, 0.5) is 0 Å². The number of aliphatic hydroxyl groups excluding tert-OH is 1. The standard InChI is InChI=1S/C15H12BrNOS/c16-14-4-1-9-17-15(14)19-11-13-7-5-12(6-8-13)3-2-10-18/h1,4-9,18H,10-11H2. The second-order valence-corrected chi connectivity index (χ2v) is 5.55. The van der Waals surface area contributed by atoms with Crippen LogP contribution in [0.5, 0.6) is 0 Å². The monoisotopic (exact) mass is 333 g/mol. The van der Waals surface area contributed by atoms with Crippen LogP contribution in [0.25, 0.3) is 0 Å². The lowest BCUT2D eigenvalue weighted by Crippen LogP contribution is -1.85. The summed E-state index contributed by atoms with van der Waals surface area (Å²) in [5, 5.41) is 9.62. The summed E-state index contributed by atoms with van der Waals surface area (Å²) in [4.78, 5) is 4.32. The minimum Gasteiger partial charge on any atom is -0.384 e. The summed E-state index contributed by atoms with van der Waals surface area (Å²) in [5.41, 5.74) is 2.14. The van der Waals surface area contributed by atoms with E-state index in [4.69, 9.17) is 5.11 Å². The van der Waals surface area contributed by atoms with E-state index in [1.54, 1.807) is 18.0 Å². The van der Waals surface area contributed by atoms with Gasteiger partial charge in [-0.1, -0.05) is 24.0 Å². The number of aliphatic hydroxyl groups is 1. The Morgan fingerprint density at radius 2 is 2.00 bits per heavy atom. The van der Waals surface area contributed by atoms with Crippen LogP contribution in [0.3, 0.4) is 0 Å². The molecule has 0 saturated carbocycles. The lowest BCUT2D eigenvalue weighted by Gasteiger charge is -2.03. The third-order valence-electron chi connectivity index (χ3n) is 2.37. The summed E-state index contributed by atoms with van der Waals surface area (Å²) in [5.74, 6) is 6.38.